The van der Waals surface area contributed by atoms with Gasteiger partial charge in [0.05, 0.1) is 24.5 Å². The number of aliphatic hydroxyl groups excluding tert-OH is 2. The summed E-state index contributed by atoms with van der Waals surface area (Å²) in [6.45, 7) is 0.512. The van der Waals surface area contributed by atoms with Gasteiger partial charge in [-0.1, -0.05) is 18.2 Å². The molecule has 1 aliphatic rings. The summed E-state index contributed by atoms with van der Waals surface area (Å²) in [5.41, 5.74) is -0.279. The van der Waals surface area contributed by atoms with Crippen LogP contribution in [0.2, 0.25) is 0 Å². The number of alkyl halides is 3. The summed E-state index contributed by atoms with van der Waals surface area (Å²) in [6, 6.07) is 8.53. The van der Waals surface area contributed by atoms with Crippen molar-refractivity contribution in [2.45, 2.75) is 24.4 Å². The number of aromatic nitrogens is 2. The van der Waals surface area contributed by atoms with E-state index in [1.165, 1.54) is 0 Å². The van der Waals surface area contributed by atoms with E-state index in [1.54, 1.807) is 0 Å². The predicted molar refractivity (Wildman–Crippen MR) is 85.1 cm³/mol. The monoisotopic (exact) mass is 354 g/mol. The van der Waals surface area contributed by atoms with Gasteiger partial charge in [0.25, 0.3) is 0 Å². The molecule has 9 heteroatoms. The third kappa shape index (κ3) is 3.99. The van der Waals surface area contributed by atoms with E-state index in [9.17, 15) is 23.4 Å². The van der Waals surface area contributed by atoms with Crippen LogP contribution >= 0.6 is 0 Å². The average molecular weight is 354 g/mol. The van der Waals surface area contributed by atoms with Gasteiger partial charge in [-0.2, -0.15) is 13.2 Å². The Balaban J connectivity index is 1.78. The molecule has 0 amide bonds. The van der Waals surface area contributed by atoms with Crippen LogP contribution in [0.5, 0.6) is 0 Å². The Labute approximate surface area is 142 Å². The number of halogens is 3. The molecule has 0 radical (unpaired) electrons. The van der Waals surface area contributed by atoms with Gasteiger partial charge < -0.3 is 20.4 Å². The van der Waals surface area contributed by atoms with Crippen LogP contribution in [0.4, 0.5) is 24.7 Å². The quantitative estimate of drug-likeness (QED) is 0.775. The number of anilines is 2. The molecule has 1 aliphatic heterocycles. The fraction of sp³-hybridized carbons (Fsp3) is 0.375. The first-order valence-corrected chi connectivity index (χ1v) is 7.66. The molecule has 2 heterocycles. The van der Waals surface area contributed by atoms with Crippen molar-refractivity contribution in [1.29, 1.82) is 0 Å². The van der Waals surface area contributed by atoms with Crippen LogP contribution in [0.25, 0.3) is 0 Å². The Kier molecular flexibility index (Phi) is 4.78. The van der Waals surface area contributed by atoms with Crippen molar-refractivity contribution in [3.63, 3.8) is 0 Å². The Morgan fingerprint density at radius 3 is 2.48 bits per heavy atom. The van der Waals surface area contributed by atoms with Gasteiger partial charge in [0.2, 0.25) is 0 Å². The average Bonchev–Trinajstić information content (AvgIpc) is 2.59. The second-order valence-electron chi connectivity index (χ2n) is 5.84. The Morgan fingerprint density at radius 2 is 1.80 bits per heavy atom. The number of piperidine rings is 1. The molecule has 3 atom stereocenters. The fourth-order valence-corrected chi connectivity index (χ4v) is 2.76. The molecule has 0 saturated carbocycles. The summed E-state index contributed by atoms with van der Waals surface area (Å²) in [4.78, 5) is 8.86. The highest BCUT2D eigenvalue weighted by atomic mass is 19.4. The number of aliphatic hydroxyl groups is 2. The lowest BCUT2D eigenvalue weighted by atomic mass is 9.98. The molecule has 0 aliphatic carbocycles. The summed E-state index contributed by atoms with van der Waals surface area (Å²) in [7, 11) is 0. The molecular weight excluding hydrogens is 337 g/mol. The van der Waals surface area contributed by atoms with Gasteiger partial charge in [0, 0.05) is 18.8 Å². The zero-order valence-corrected chi connectivity index (χ0v) is 13.1. The first-order valence-electron chi connectivity index (χ1n) is 7.66. The van der Waals surface area contributed by atoms with E-state index < -0.39 is 30.1 Å². The number of hydrogen-bond acceptors (Lipinski definition) is 6. The largest absolute Gasteiger partial charge is 0.434 e. The van der Waals surface area contributed by atoms with Crippen molar-refractivity contribution in [3.05, 3.63) is 48.4 Å². The lowest BCUT2D eigenvalue weighted by molar-refractivity contribution is -0.141. The highest BCUT2D eigenvalue weighted by molar-refractivity contribution is 5.48. The predicted octanol–water partition coefficient (Wildman–Crippen LogP) is 1.52. The maximum atomic E-state index is 12.7. The standard InChI is InChI=1S/C16H17F3N4O2/c17-16(18,19)13-6-20-7-14(22-13)21-11-8-23(9-12(24)15(11)25)10-4-2-1-3-5-10/h1-7,11-12,15,24-25H,8-9H2,(H,21,22)/t11-,12-,15+/m0/s1. The summed E-state index contributed by atoms with van der Waals surface area (Å²) in [5, 5.41) is 23.0. The van der Waals surface area contributed by atoms with Crippen molar-refractivity contribution in [2.75, 3.05) is 23.3 Å². The van der Waals surface area contributed by atoms with Crippen LogP contribution in [0, 0.1) is 0 Å². The number of hydrogen-bond donors (Lipinski definition) is 3. The third-order valence-corrected chi connectivity index (χ3v) is 4.01. The minimum atomic E-state index is -4.61. The molecule has 3 N–H and O–H groups in total. The highest BCUT2D eigenvalue weighted by Gasteiger charge is 2.36. The molecule has 0 spiro atoms. The molecule has 0 bridgehead atoms. The van der Waals surface area contributed by atoms with Crippen molar-refractivity contribution < 1.29 is 23.4 Å². The van der Waals surface area contributed by atoms with Gasteiger partial charge in [-0.05, 0) is 12.1 Å². The van der Waals surface area contributed by atoms with Crippen LogP contribution in [-0.4, -0.2) is 51.5 Å². The van der Waals surface area contributed by atoms with Crippen LogP contribution in [0.3, 0.4) is 0 Å². The Morgan fingerprint density at radius 1 is 1.08 bits per heavy atom. The van der Waals surface area contributed by atoms with Gasteiger partial charge in [0.1, 0.15) is 11.9 Å². The van der Waals surface area contributed by atoms with Crippen LogP contribution in [-0.2, 0) is 6.18 Å². The molecule has 2 aromatic rings. The zero-order chi connectivity index (χ0) is 18.0. The fourth-order valence-electron chi connectivity index (χ4n) is 2.76. The number of rotatable bonds is 3. The summed E-state index contributed by atoms with van der Waals surface area (Å²) in [6.07, 6.45) is -5.02. The van der Waals surface area contributed by atoms with Crippen molar-refractivity contribution in [2.24, 2.45) is 0 Å². The van der Waals surface area contributed by atoms with Crippen molar-refractivity contribution in [1.82, 2.24) is 9.97 Å². The second-order valence-corrected chi connectivity index (χ2v) is 5.84. The van der Waals surface area contributed by atoms with E-state index in [1.807, 2.05) is 35.2 Å². The maximum Gasteiger partial charge on any atom is 0.434 e. The zero-order valence-electron chi connectivity index (χ0n) is 13.1. The molecule has 25 heavy (non-hydrogen) atoms. The van der Waals surface area contributed by atoms with E-state index >= 15 is 0 Å². The molecule has 1 aromatic carbocycles. The summed E-state index contributed by atoms with van der Waals surface area (Å²) < 4.78 is 38.2. The highest BCUT2D eigenvalue weighted by Crippen LogP contribution is 2.28. The van der Waals surface area contributed by atoms with Gasteiger partial charge in [-0.25, -0.2) is 4.98 Å². The molecule has 1 fully saturated rings. The lowest BCUT2D eigenvalue weighted by Gasteiger charge is -2.41. The summed E-state index contributed by atoms with van der Waals surface area (Å²) >= 11 is 0. The SMILES string of the molecule is O[C@@H]1[C@@H](Nc2cncc(C(F)(F)F)n2)CN(c2ccccc2)C[C@@H]1O. The molecule has 6 nitrogen and oxygen atoms in total. The van der Waals surface area contributed by atoms with Gasteiger partial charge >= 0.3 is 6.18 Å². The summed E-state index contributed by atoms with van der Waals surface area (Å²) in [5.74, 6) is -0.110. The van der Waals surface area contributed by atoms with E-state index in [0.29, 0.717) is 12.7 Å². The minimum absolute atomic E-state index is 0.110. The van der Waals surface area contributed by atoms with Crippen molar-refractivity contribution >= 4 is 11.5 Å². The smallest absolute Gasteiger partial charge is 0.388 e. The minimum Gasteiger partial charge on any atom is -0.388 e. The van der Waals surface area contributed by atoms with E-state index in [2.05, 4.69) is 15.3 Å². The van der Waals surface area contributed by atoms with Gasteiger partial charge in [0.15, 0.2) is 5.69 Å². The molecule has 1 aromatic heterocycles. The maximum absolute atomic E-state index is 12.7. The number of nitrogens with one attached hydrogen (secondary N) is 1. The van der Waals surface area contributed by atoms with Gasteiger partial charge in [-0.3, -0.25) is 4.98 Å². The third-order valence-electron chi connectivity index (χ3n) is 4.01. The first kappa shape index (κ1) is 17.4. The molecule has 134 valence electrons. The van der Waals surface area contributed by atoms with Crippen LogP contribution in [0.1, 0.15) is 5.69 Å². The normalized spacial score (nSPS) is 24.2. The molecule has 0 unspecified atom stereocenters. The Bertz CT molecular complexity index is 714. The second kappa shape index (κ2) is 6.85. The molecule has 3 rings (SSSR count). The van der Waals surface area contributed by atoms with Gasteiger partial charge in [-0.15, -0.1) is 0 Å². The Hall–Kier alpha value is -2.39. The van der Waals surface area contributed by atoms with E-state index in [0.717, 1.165) is 11.9 Å². The van der Waals surface area contributed by atoms with Crippen molar-refractivity contribution in [3.8, 4) is 0 Å². The number of para-hydroxylation sites is 1. The first-order chi connectivity index (χ1) is 11.8. The number of benzene rings is 1. The molecular formula is C16H17F3N4O2. The van der Waals surface area contributed by atoms with E-state index in [-0.39, 0.29) is 12.4 Å². The number of β-amino-alcohol motifs (C(OH)–C–C–N with tert-alkyl or cyclic N) is 1. The molecule has 1 saturated heterocycles. The van der Waals surface area contributed by atoms with Crippen LogP contribution in [0.15, 0.2) is 42.7 Å². The number of nitrogens with zero attached hydrogens (tertiary/aromatic N) is 3. The van der Waals surface area contributed by atoms with E-state index in [4.69, 9.17) is 0 Å². The topological polar surface area (TPSA) is 81.5 Å². The lowest BCUT2D eigenvalue weighted by Crippen LogP contribution is -2.58. The van der Waals surface area contributed by atoms with Crippen LogP contribution < -0.4 is 10.2 Å².